The second-order valence-electron chi connectivity index (χ2n) is 7.46. The van der Waals surface area contributed by atoms with Crippen molar-refractivity contribution in [3.05, 3.63) is 33.9 Å². The number of nitro groups is 1. The van der Waals surface area contributed by atoms with Crippen LogP contribution in [-0.2, 0) is 5.41 Å². The first-order valence-corrected chi connectivity index (χ1v) is 9.55. The number of non-ortho nitro benzene ring substituents is 1. The predicted octanol–water partition coefficient (Wildman–Crippen LogP) is 5.83. The summed E-state index contributed by atoms with van der Waals surface area (Å²) in [6.07, 6.45) is 9.90. The Bertz CT molecular complexity index is 559. The second-order valence-corrected chi connectivity index (χ2v) is 7.46. The number of nitro benzene ring substituents is 1. The van der Waals surface area contributed by atoms with E-state index in [-0.39, 0.29) is 16.0 Å². The van der Waals surface area contributed by atoms with Crippen molar-refractivity contribution in [2.75, 3.05) is 18.0 Å². The molecule has 1 heterocycles. The molecule has 24 heavy (non-hydrogen) atoms. The lowest BCUT2D eigenvalue weighted by atomic mass is 9.79. The first kappa shape index (κ1) is 18.8. The van der Waals surface area contributed by atoms with Crippen LogP contribution >= 0.6 is 0 Å². The smallest absolute Gasteiger partial charge is 0.271 e. The standard InChI is InChI=1S/C20H32N2O2/c1-4-6-8-9-10-13-20(3)16-21(14-7-5-2)19-15-17(22(23)24)11-12-18(19)20/h11-12,15H,4-10,13-14,16H2,1-3H3. The maximum absolute atomic E-state index is 11.1. The van der Waals surface area contributed by atoms with Crippen LogP contribution in [0.3, 0.4) is 0 Å². The number of rotatable bonds is 10. The average Bonchev–Trinajstić information content (AvgIpc) is 2.85. The largest absolute Gasteiger partial charge is 0.370 e. The summed E-state index contributed by atoms with van der Waals surface area (Å²) in [5.74, 6) is 0. The van der Waals surface area contributed by atoms with Crippen LogP contribution in [0.15, 0.2) is 18.2 Å². The minimum atomic E-state index is -0.279. The highest BCUT2D eigenvalue weighted by atomic mass is 16.6. The van der Waals surface area contributed by atoms with Crippen molar-refractivity contribution in [1.29, 1.82) is 0 Å². The van der Waals surface area contributed by atoms with E-state index in [4.69, 9.17) is 0 Å². The summed E-state index contributed by atoms with van der Waals surface area (Å²) in [6.45, 7) is 8.77. The van der Waals surface area contributed by atoms with Crippen LogP contribution in [0.5, 0.6) is 0 Å². The Balaban J connectivity index is 2.15. The molecular weight excluding hydrogens is 300 g/mol. The van der Waals surface area contributed by atoms with Crippen molar-refractivity contribution < 1.29 is 4.92 Å². The van der Waals surface area contributed by atoms with E-state index in [0.717, 1.165) is 31.6 Å². The van der Waals surface area contributed by atoms with Crippen molar-refractivity contribution in [2.24, 2.45) is 0 Å². The predicted molar refractivity (Wildman–Crippen MR) is 101 cm³/mol. The van der Waals surface area contributed by atoms with Crippen LogP contribution < -0.4 is 4.90 Å². The van der Waals surface area contributed by atoms with Crippen LogP contribution in [0, 0.1) is 10.1 Å². The first-order valence-electron chi connectivity index (χ1n) is 9.55. The molecule has 134 valence electrons. The molecule has 1 aliphatic heterocycles. The lowest BCUT2D eigenvalue weighted by Crippen LogP contribution is -2.31. The van der Waals surface area contributed by atoms with Crippen LogP contribution in [0.1, 0.15) is 77.7 Å². The Kier molecular flexibility index (Phi) is 6.64. The van der Waals surface area contributed by atoms with Gasteiger partial charge in [-0.2, -0.15) is 0 Å². The molecule has 1 aliphatic rings. The molecule has 1 aromatic rings. The van der Waals surface area contributed by atoms with Gasteiger partial charge in [-0.05, 0) is 24.5 Å². The van der Waals surface area contributed by atoms with Crippen molar-refractivity contribution in [3.8, 4) is 0 Å². The molecule has 4 heteroatoms. The Morgan fingerprint density at radius 3 is 2.50 bits per heavy atom. The molecule has 4 nitrogen and oxygen atoms in total. The van der Waals surface area contributed by atoms with Gasteiger partial charge in [0.1, 0.15) is 0 Å². The fraction of sp³-hybridized carbons (Fsp3) is 0.700. The molecular formula is C20H32N2O2. The van der Waals surface area contributed by atoms with Gasteiger partial charge in [-0.15, -0.1) is 0 Å². The van der Waals surface area contributed by atoms with Gasteiger partial charge in [0.15, 0.2) is 0 Å². The minimum absolute atomic E-state index is 0.129. The summed E-state index contributed by atoms with van der Waals surface area (Å²) in [5.41, 5.74) is 2.74. The number of unbranched alkanes of at least 4 members (excludes halogenated alkanes) is 5. The van der Waals surface area contributed by atoms with Gasteiger partial charge in [-0.25, -0.2) is 0 Å². The summed E-state index contributed by atoms with van der Waals surface area (Å²) in [6, 6.07) is 5.47. The zero-order chi connectivity index (χ0) is 17.6. The molecule has 0 bridgehead atoms. The summed E-state index contributed by atoms with van der Waals surface area (Å²) in [7, 11) is 0. The SMILES string of the molecule is CCCCCCCC1(C)CN(CCCC)c2cc([N+](=O)[O-])ccc21. The number of anilines is 1. The third kappa shape index (κ3) is 4.28. The number of hydrogen-bond donors (Lipinski definition) is 0. The van der Waals surface area contributed by atoms with Crippen LogP contribution in [0.25, 0.3) is 0 Å². The van der Waals surface area contributed by atoms with E-state index < -0.39 is 0 Å². The monoisotopic (exact) mass is 332 g/mol. The fourth-order valence-electron chi connectivity index (χ4n) is 3.88. The van der Waals surface area contributed by atoms with Gasteiger partial charge < -0.3 is 4.90 Å². The van der Waals surface area contributed by atoms with Gasteiger partial charge in [0.25, 0.3) is 5.69 Å². The van der Waals surface area contributed by atoms with Crippen molar-refractivity contribution in [2.45, 2.75) is 77.6 Å². The molecule has 0 N–H and O–H groups in total. The van der Waals surface area contributed by atoms with Gasteiger partial charge in [0, 0.05) is 36.3 Å². The van der Waals surface area contributed by atoms with E-state index in [0.29, 0.717) is 0 Å². The van der Waals surface area contributed by atoms with Crippen LogP contribution in [-0.4, -0.2) is 18.0 Å². The maximum atomic E-state index is 11.1. The summed E-state index contributed by atoms with van der Waals surface area (Å²) < 4.78 is 0. The molecule has 0 fully saturated rings. The highest BCUT2D eigenvalue weighted by molar-refractivity contribution is 5.66. The first-order chi connectivity index (χ1) is 11.5. The quantitative estimate of drug-likeness (QED) is 0.307. The van der Waals surface area contributed by atoms with E-state index in [2.05, 4.69) is 25.7 Å². The van der Waals surface area contributed by atoms with Gasteiger partial charge in [0.05, 0.1) is 4.92 Å². The molecule has 0 saturated heterocycles. The lowest BCUT2D eigenvalue weighted by molar-refractivity contribution is -0.384. The Labute approximate surface area is 146 Å². The van der Waals surface area contributed by atoms with Gasteiger partial charge >= 0.3 is 0 Å². The molecule has 1 aromatic carbocycles. The molecule has 1 atom stereocenters. The third-order valence-electron chi connectivity index (χ3n) is 5.34. The Morgan fingerprint density at radius 2 is 1.83 bits per heavy atom. The fourth-order valence-corrected chi connectivity index (χ4v) is 3.88. The van der Waals surface area contributed by atoms with Gasteiger partial charge in [0.2, 0.25) is 0 Å². The second kappa shape index (κ2) is 8.50. The zero-order valence-electron chi connectivity index (χ0n) is 15.5. The zero-order valence-corrected chi connectivity index (χ0v) is 15.5. The highest BCUT2D eigenvalue weighted by Crippen LogP contribution is 2.45. The Hall–Kier alpha value is -1.58. The van der Waals surface area contributed by atoms with Gasteiger partial charge in [-0.3, -0.25) is 10.1 Å². The summed E-state index contributed by atoms with van der Waals surface area (Å²) in [5, 5.41) is 11.1. The number of hydrogen-bond acceptors (Lipinski definition) is 3. The lowest BCUT2D eigenvalue weighted by Gasteiger charge is -2.26. The minimum Gasteiger partial charge on any atom is -0.370 e. The summed E-state index contributed by atoms with van der Waals surface area (Å²) in [4.78, 5) is 13.2. The Morgan fingerprint density at radius 1 is 1.12 bits per heavy atom. The number of nitrogens with zero attached hydrogens (tertiary/aromatic N) is 2. The molecule has 0 amide bonds. The van der Waals surface area contributed by atoms with E-state index in [9.17, 15) is 10.1 Å². The number of benzene rings is 1. The topological polar surface area (TPSA) is 46.4 Å². The molecule has 0 saturated carbocycles. The highest BCUT2D eigenvalue weighted by Gasteiger charge is 2.38. The molecule has 1 unspecified atom stereocenters. The number of fused-ring (bicyclic) bond motifs is 1. The van der Waals surface area contributed by atoms with E-state index in [1.54, 1.807) is 12.1 Å². The molecule has 0 aliphatic carbocycles. The van der Waals surface area contributed by atoms with Gasteiger partial charge in [-0.1, -0.05) is 59.3 Å². The average molecular weight is 332 g/mol. The maximum Gasteiger partial charge on any atom is 0.271 e. The van der Waals surface area contributed by atoms with E-state index >= 15 is 0 Å². The molecule has 0 spiro atoms. The van der Waals surface area contributed by atoms with Crippen molar-refractivity contribution >= 4 is 11.4 Å². The van der Waals surface area contributed by atoms with Crippen molar-refractivity contribution in [1.82, 2.24) is 0 Å². The molecule has 0 radical (unpaired) electrons. The van der Waals surface area contributed by atoms with E-state index in [1.165, 1.54) is 44.1 Å². The van der Waals surface area contributed by atoms with Crippen molar-refractivity contribution in [3.63, 3.8) is 0 Å². The molecule has 0 aromatic heterocycles. The normalized spacial score (nSPS) is 19.5. The summed E-state index contributed by atoms with van der Waals surface area (Å²) >= 11 is 0. The third-order valence-corrected chi connectivity index (χ3v) is 5.34. The molecule has 2 rings (SSSR count). The van der Waals surface area contributed by atoms with Crippen LogP contribution in [0.4, 0.5) is 11.4 Å². The van der Waals surface area contributed by atoms with Crippen LogP contribution in [0.2, 0.25) is 0 Å². The van der Waals surface area contributed by atoms with E-state index in [1.807, 2.05) is 6.07 Å².